The quantitative estimate of drug-likeness (QED) is 0.384. The maximum absolute atomic E-state index is 13.5. The Morgan fingerprint density at radius 3 is 2.17 bits per heavy atom. The number of methoxy groups -OCH3 is 1. The lowest BCUT2D eigenvalue weighted by Crippen LogP contribution is -2.44. The molecule has 1 heterocycles. The first-order valence-corrected chi connectivity index (χ1v) is 11.9. The Kier molecular flexibility index (Phi) is 8.70. The molecule has 0 fully saturated rings. The van der Waals surface area contributed by atoms with E-state index in [9.17, 15) is 14.4 Å². The van der Waals surface area contributed by atoms with Crippen LogP contribution >= 0.6 is 0 Å². The van der Waals surface area contributed by atoms with Gasteiger partial charge in [0.2, 0.25) is 5.91 Å². The number of hydrogen-bond donors (Lipinski definition) is 0. The number of anilines is 1. The van der Waals surface area contributed by atoms with Gasteiger partial charge in [0.25, 0.3) is 0 Å². The molecule has 0 unspecified atom stereocenters. The highest BCUT2D eigenvalue weighted by Crippen LogP contribution is 2.47. The Hall–Kier alpha value is -2.94. The Morgan fingerprint density at radius 1 is 1.06 bits per heavy atom. The number of carbonyl (C=O) groups is 3. The van der Waals surface area contributed by atoms with Crippen LogP contribution in [0.3, 0.4) is 0 Å². The Morgan fingerprint density at radius 2 is 1.66 bits per heavy atom. The molecular formula is C26H39N3O6. The van der Waals surface area contributed by atoms with Gasteiger partial charge in [0.15, 0.2) is 0 Å². The number of nitrogens with zero attached hydrogens (tertiary/aromatic N) is 3. The van der Waals surface area contributed by atoms with Crippen LogP contribution in [-0.2, 0) is 24.4 Å². The highest BCUT2D eigenvalue weighted by atomic mass is 16.6. The fourth-order valence-corrected chi connectivity index (χ4v) is 3.90. The standard InChI is InChI=1S/C26H39N3O6/c1-10-26(11-2)19-16-18(17-27-28(14-15-33-9)22(31)34-24(3,4)5)12-13-20(19)29(21(26)30)23(32)35-25(6,7)8/h12-13,16-17H,10-11,14-15H2,1-9H3/b27-17+. The normalized spacial score (nSPS) is 15.3. The van der Waals surface area contributed by atoms with Crippen LogP contribution in [0.15, 0.2) is 23.3 Å². The molecule has 1 aromatic rings. The van der Waals surface area contributed by atoms with Crippen molar-refractivity contribution in [3.63, 3.8) is 0 Å². The zero-order chi connectivity index (χ0) is 26.6. The fourth-order valence-electron chi connectivity index (χ4n) is 3.90. The topological polar surface area (TPSA) is 97.7 Å². The van der Waals surface area contributed by atoms with Gasteiger partial charge in [-0.2, -0.15) is 10.1 Å². The summed E-state index contributed by atoms with van der Waals surface area (Å²) in [4.78, 5) is 40.1. The molecule has 0 spiro atoms. The van der Waals surface area contributed by atoms with E-state index in [-0.39, 0.29) is 19.1 Å². The van der Waals surface area contributed by atoms with Gasteiger partial charge in [0.1, 0.15) is 11.2 Å². The smallest absolute Gasteiger partial charge is 0.430 e. The van der Waals surface area contributed by atoms with Crippen molar-refractivity contribution in [2.24, 2.45) is 5.10 Å². The van der Waals surface area contributed by atoms with Gasteiger partial charge in [-0.05, 0) is 77.6 Å². The molecule has 0 saturated carbocycles. The lowest BCUT2D eigenvalue weighted by atomic mass is 9.76. The number of rotatable bonds is 7. The number of hydrogen-bond acceptors (Lipinski definition) is 7. The fraction of sp³-hybridized carbons (Fsp3) is 0.615. The first kappa shape index (κ1) is 28.3. The van der Waals surface area contributed by atoms with Crippen molar-refractivity contribution in [1.82, 2.24) is 5.01 Å². The molecule has 0 aliphatic carbocycles. The number of carbonyl (C=O) groups excluding carboxylic acids is 3. The predicted octanol–water partition coefficient (Wildman–Crippen LogP) is 5.24. The molecule has 9 heteroatoms. The average Bonchev–Trinajstić information content (AvgIpc) is 2.98. The van der Waals surface area contributed by atoms with Crippen LogP contribution in [0.4, 0.5) is 15.3 Å². The highest BCUT2D eigenvalue weighted by Gasteiger charge is 2.51. The van der Waals surface area contributed by atoms with Crippen LogP contribution in [0.2, 0.25) is 0 Å². The number of amides is 3. The van der Waals surface area contributed by atoms with Gasteiger partial charge in [0.05, 0.1) is 30.5 Å². The molecule has 0 saturated heterocycles. The SMILES string of the molecule is CCC1(CC)C(=O)N(C(=O)OC(C)(C)C)c2ccc(/C=N/N(CCOC)C(=O)OC(C)(C)C)cc21. The molecule has 9 nitrogen and oxygen atoms in total. The first-order chi connectivity index (χ1) is 16.2. The van der Waals surface area contributed by atoms with Crippen LogP contribution in [0.25, 0.3) is 0 Å². The third-order valence-electron chi connectivity index (χ3n) is 5.63. The van der Waals surface area contributed by atoms with E-state index in [0.717, 1.165) is 10.5 Å². The summed E-state index contributed by atoms with van der Waals surface area (Å²) in [7, 11) is 1.54. The maximum Gasteiger partial charge on any atom is 0.430 e. The molecule has 3 amide bonds. The number of imide groups is 1. The summed E-state index contributed by atoms with van der Waals surface area (Å²) < 4.78 is 16.0. The summed E-state index contributed by atoms with van der Waals surface area (Å²) in [5, 5.41) is 5.53. The van der Waals surface area contributed by atoms with E-state index in [2.05, 4.69) is 5.10 Å². The van der Waals surface area contributed by atoms with Crippen LogP contribution in [0, 0.1) is 0 Å². The third kappa shape index (κ3) is 6.60. The van der Waals surface area contributed by atoms with E-state index in [1.54, 1.807) is 60.8 Å². The Bertz CT molecular complexity index is 970. The lowest BCUT2D eigenvalue weighted by molar-refractivity contribution is -0.123. The van der Waals surface area contributed by atoms with E-state index in [1.165, 1.54) is 11.2 Å². The van der Waals surface area contributed by atoms with Crippen LogP contribution in [0.1, 0.15) is 79.4 Å². The van der Waals surface area contributed by atoms with Gasteiger partial charge in [0, 0.05) is 7.11 Å². The van der Waals surface area contributed by atoms with Gasteiger partial charge in [-0.15, -0.1) is 0 Å². The highest BCUT2D eigenvalue weighted by molar-refractivity contribution is 6.21. The summed E-state index contributed by atoms with van der Waals surface area (Å²) in [6.45, 7) is 15.0. The van der Waals surface area contributed by atoms with Crippen LogP contribution < -0.4 is 4.90 Å². The van der Waals surface area contributed by atoms with E-state index in [4.69, 9.17) is 14.2 Å². The average molecular weight is 490 g/mol. The number of benzene rings is 1. The van der Waals surface area contributed by atoms with Crippen molar-refractivity contribution in [3.05, 3.63) is 29.3 Å². The predicted molar refractivity (Wildman–Crippen MR) is 135 cm³/mol. The summed E-state index contributed by atoms with van der Waals surface area (Å²) in [6.07, 6.45) is 1.30. The molecule has 1 aliphatic rings. The van der Waals surface area contributed by atoms with Gasteiger partial charge in [-0.3, -0.25) is 4.79 Å². The van der Waals surface area contributed by atoms with Crippen LogP contribution in [0.5, 0.6) is 0 Å². The van der Waals surface area contributed by atoms with E-state index in [1.807, 2.05) is 19.9 Å². The first-order valence-electron chi connectivity index (χ1n) is 11.9. The van der Waals surface area contributed by atoms with Gasteiger partial charge >= 0.3 is 12.2 Å². The van der Waals surface area contributed by atoms with E-state index >= 15 is 0 Å². The number of fused-ring (bicyclic) bond motifs is 1. The molecule has 2 rings (SSSR count). The second kappa shape index (κ2) is 10.8. The van der Waals surface area contributed by atoms with Crippen molar-refractivity contribution in [1.29, 1.82) is 0 Å². The van der Waals surface area contributed by atoms with Crippen molar-refractivity contribution in [2.75, 3.05) is 25.2 Å². The van der Waals surface area contributed by atoms with Gasteiger partial charge < -0.3 is 14.2 Å². The molecule has 0 aromatic heterocycles. The molecule has 0 atom stereocenters. The lowest BCUT2D eigenvalue weighted by Gasteiger charge is -2.27. The van der Waals surface area contributed by atoms with Gasteiger partial charge in [-0.25, -0.2) is 14.5 Å². The maximum atomic E-state index is 13.5. The largest absolute Gasteiger partial charge is 0.443 e. The van der Waals surface area contributed by atoms with Crippen LogP contribution in [-0.4, -0.2) is 60.8 Å². The summed E-state index contributed by atoms with van der Waals surface area (Å²) in [5.41, 5.74) is -0.326. The third-order valence-corrected chi connectivity index (χ3v) is 5.63. The second-order valence-corrected chi connectivity index (χ2v) is 10.5. The minimum atomic E-state index is -0.850. The molecule has 194 valence electrons. The summed E-state index contributed by atoms with van der Waals surface area (Å²) in [5.74, 6) is -0.295. The molecule has 0 bridgehead atoms. The Labute approximate surface area is 208 Å². The monoisotopic (exact) mass is 489 g/mol. The minimum absolute atomic E-state index is 0.214. The molecular weight excluding hydrogens is 450 g/mol. The van der Waals surface area contributed by atoms with Crippen molar-refractivity contribution >= 4 is 30.0 Å². The van der Waals surface area contributed by atoms with E-state index < -0.39 is 28.8 Å². The summed E-state index contributed by atoms with van der Waals surface area (Å²) >= 11 is 0. The van der Waals surface area contributed by atoms with Gasteiger partial charge in [-0.1, -0.05) is 19.9 Å². The summed E-state index contributed by atoms with van der Waals surface area (Å²) in [6, 6.07) is 5.31. The minimum Gasteiger partial charge on any atom is -0.443 e. The molecule has 1 aromatic carbocycles. The Balaban J connectivity index is 2.45. The van der Waals surface area contributed by atoms with Crippen molar-refractivity contribution in [2.45, 2.75) is 84.8 Å². The van der Waals surface area contributed by atoms with Crippen molar-refractivity contribution < 1.29 is 28.6 Å². The molecule has 0 N–H and O–H groups in total. The van der Waals surface area contributed by atoms with E-state index in [0.29, 0.717) is 24.1 Å². The zero-order valence-electron chi connectivity index (χ0n) is 22.4. The molecule has 1 aliphatic heterocycles. The molecule has 35 heavy (non-hydrogen) atoms. The molecule has 0 radical (unpaired) electrons. The second-order valence-electron chi connectivity index (χ2n) is 10.5. The zero-order valence-corrected chi connectivity index (χ0v) is 22.4. The number of hydrazone groups is 1. The number of ether oxygens (including phenoxy) is 3. The van der Waals surface area contributed by atoms with Crippen molar-refractivity contribution in [3.8, 4) is 0 Å².